The van der Waals surface area contributed by atoms with Crippen molar-refractivity contribution < 1.29 is 4.79 Å². The lowest BCUT2D eigenvalue weighted by Gasteiger charge is -2.11. The van der Waals surface area contributed by atoms with Crippen molar-refractivity contribution in [2.75, 3.05) is 7.05 Å². The van der Waals surface area contributed by atoms with E-state index in [4.69, 9.17) is 0 Å². The molecule has 1 aromatic rings. The molecule has 76 valence electrons. The summed E-state index contributed by atoms with van der Waals surface area (Å²) >= 11 is 0. The van der Waals surface area contributed by atoms with Gasteiger partial charge in [0.05, 0.1) is 6.04 Å². The van der Waals surface area contributed by atoms with Gasteiger partial charge in [-0.3, -0.25) is 4.79 Å². The second kappa shape index (κ2) is 4.38. The highest BCUT2D eigenvalue weighted by Crippen LogP contribution is 2.12. The maximum absolute atomic E-state index is 11.8. The first kappa shape index (κ1) is 10.9. The van der Waals surface area contributed by atoms with Crippen LogP contribution in [0.4, 0.5) is 0 Å². The molecule has 0 aliphatic carbocycles. The van der Waals surface area contributed by atoms with E-state index in [-0.39, 0.29) is 11.8 Å². The molecule has 0 spiro atoms. The van der Waals surface area contributed by atoms with Crippen molar-refractivity contribution >= 4 is 5.78 Å². The van der Waals surface area contributed by atoms with E-state index in [9.17, 15) is 4.79 Å². The average Bonchev–Trinajstić information content (AvgIpc) is 2.15. The van der Waals surface area contributed by atoms with Crippen molar-refractivity contribution in [2.45, 2.75) is 26.8 Å². The fourth-order valence-corrected chi connectivity index (χ4v) is 1.45. The van der Waals surface area contributed by atoms with Gasteiger partial charge in [-0.1, -0.05) is 23.8 Å². The van der Waals surface area contributed by atoms with Crippen LogP contribution in [0.25, 0.3) is 0 Å². The summed E-state index contributed by atoms with van der Waals surface area (Å²) in [7, 11) is 1.80. The monoisotopic (exact) mass is 191 g/mol. The lowest BCUT2D eigenvalue weighted by molar-refractivity contribution is 0.0954. The molecule has 0 aliphatic heterocycles. The van der Waals surface area contributed by atoms with Crippen LogP contribution in [0, 0.1) is 13.8 Å². The number of Topliss-reactive ketones (excluding diaryl/α,β-unsaturated/α-hetero) is 1. The molecular weight excluding hydrogens is 174 g/mol. The highest BCUT2D eigenvalue weighted by molar-refractivity contribution is 6.01. The maximum atomic E-state index is 11.8. The van der Waals surface area contributed by atoms with Crippen LogP contribution in [-0.2, 0) is 0 Å². The Morgan fingerprint density at radius 1 is 1.36 bits per heavy atom. The topological polar surface area (TPSA) is 29.1 Å². The summed E-state index contributed by atoms with van der Waals surface area (Å²) in [5.74, 6) is 0.157. The molecule has 14 heavy (non-hydrogen) atoms. The van der Waals surface area contributed by atoms with Crippen LogP contribution in [0.2, 0.25) is 0 Å². The number of hydrogen-bond donors (Lipinski definition) is 1. The van der Waals surface area contributed by atoms with Crippen LogP contribution in [-0.4, -0.2) is 18.9 Å². The molecule has 0 amide bonds. The molecule has 0 aliphatic rings. The van der Waals surface area contributed by atoms with Crippen molar-refractivity contribution in [1.82, 2.24) is 5.32 Å². The van der Waals surface area contributed by atoms with Gasteiger partial charge in [0, 0.05) is 5.56 Å². The van der Waals surface area contributed by atoms with E-state index in [1.807, 2.05) is 39.0 Å². The molecule has 1 atom stereocenters. The van der Waals surface area contributed by atoms with Gasteiger partial charge in [-0.25, -0.2) is 0 Å². The van der Waals surface area contributed by atoms with E-state index in [0.717, 1.165) is 11.1 Å². The number of rotatable bonds is 3. The van der Waals surface area contributed by atoms with Gasteiger partial charge in [0.15, 0.2) is 5.78 Å². The summed E-state index contributed by atoms with van der Waals surface area (Å²) in [6, 6.07) is 5.80. The molecule has 0 saturated heterocycles. The summed E-state index contributed by atoms with van der Waals surface area (Å²) in [6.07, 6.45) is 0. The van der Waals surface area contributed by atoms with Gasteiger partial charge in [0.25, 0.3) is 0 Å². The summed E-state index contributed by atoms with van der Waals surface area (Å²) in [5, 5.41) is 2.96. The lowest BCUT2D eigenvalue weighted by atomic mass is 9.99. The Morgan fingerprint density at radius 3 is 2.50 bits per heavy atom. The second-order valence-electron chi connectivity index (χ2n) is 3.69. The predicted molar refractivity (Wildman–Crippen MR) is 58.8 cm³/mol. The smallest absolute Gasteiger partial charge is 0.179 e. The van der Waals surface area contributed by atoms with Crippen molar-refractivity contribution in [3.05, 3.63) is 34.9 Å². The number of nitrogens with one attached hydrogen (secondary N) is 1. The SMILES string of the molecule is CNC(C)C(=O)c1ccc(C)cc1C. The van der Waals surface area contributed by atoms with Gasteiger partial charge in [0.1, 0.15) is 0 Å². The molecule has 1 aromatic carbocycles. The van der Waals surface area contributed by atoms with Crippen molar-refractivity contribution in [3.63, 3.8) is 0 Å². The van der Waals surface area contributed by atoms with Gasteiger partial charge in [0.2, 0.25) is 0 Å². The Balaban J connectivity index is 3.02. The fraction of sp³-hybridized carbons (Fsp3) is 0.417. The first-order chi connectivity index (χ1) is 6.56. The molecule has 0 radical (unpaired) electrons. The van der Waals surface area contributed by atoms with Crippen LogP contribution in [0.3, 0.4) is 0 Å². The van der Waals surface area contributed by atoms with Crippen molar-refractivity contribution in [2.24, 2.45) is 0 Å². The quantitative estimate of drug-likeness (QED) is 0.741. The van der Waals surface area contributed by atoms with E-state index in [2.05, 4.69) is 5.32 Å². The van der Waals surface area contributed by atoms with Crippen LogP contribution >= 0.6 is 0 Å². The molecule has 2 nitrogen and oxygen atoms in total. The number of carbonyl (C=O) groups is 1. The van der Waals surface area contributed by atoms with E-state index >= 15 is 0 Å². The Hall–Kier alpha value is -1.15. The van der Waals surface area contributed by atoms with Crippen LogP contribution < -0.4 is 5.32 Å². The minimum Gasteiger partial charge on any atom is -0.310 e. The fourth-order valence-electron chi connectivity index (χ4n) is 1.45. The molecule has 0 heterocycles. The van der Waals surface area contributed by atoms with Crippen LogP contribution in [0.1, 0.15) is 28.4 Å². The van der Waals surface area contributed by atoms with E-state index in [0.29, 0.717) is 0 Å². The zero-order valence-corrected chi connectivity index (χ0v) is 9.22. The Kier molecular flexibility index (Phi) is 3.42. The number of benzene rings is 1. The molecule has 0 bridgehead atoms. The molecule has 1 unspecified atom stereocenters. The lowest BCUT2D eigenvalue weighted by Crippen LogP contribution is -2.31. The standard InChI is InChI=1S/C12H17NO/c1-8-5-6-11(9(2)7-8)12(14)10(3)13-4/h5-7,10,13H,1-4H3. The number of ketones is 1. The second-order valence-corrected chi connectivity index (χ2v) is 3.69. The Bertz CT molecular complexity index is 344. The minimum atomic E-state index is -0.114. The Morgan fingerprint density at radius 2 is 2.00 bits per heavy atom. The van der Waals surface area contributed by atoms with Crippen molar-refractivity contribution in [1.29, 1.82) is 0 Å². The van der Waals surface area contributed by atoms with E-state index in [1.165, 1.54) is 5.56 Å². The highest BCUT2D eigenvalue weighted by atomic mass is 16.1. The third-order valence-corrected chi connectivity index (χ3v) is 2.47. The normalized spacial score (nSPS) is 12.6. The predicted octanol–water partition coefficient (Wildman–Crippen LogP) is 2.09. The van der Waals surface area contributed by atoms with Gasteiger partial charge in [-0.05, 0) is 33.4 Å². The first-order valence-corrected chi connectivity index (χ1v) is 4.85. The molecule has 0 aromatic heterocycles. The summed E-state index contributed by atoms with van der Waals surface area (Å²) < 4.78 is 0. The van der Waals surface area contributed by atoms with Crippen molar-refractivity contribution in [3.8, 4) is 0 Å². The van der Waals surface area contributed by atoms with E-state index in [1.54, 1.807) is 7.05 Å². The summed E-state index contributed by atoms with van der Waals surface area (Å²) in [6.45, 7) is 5.88. The zero-order valence-electron chi connectivity index (χ0n) is 9.22. The van der Waals surface area contributed by atoms with Gasteiger partial charge in [-0.15, -0.1) is 0 Å². The number of likely N-dealkylation sites (N-methyl/N-ethyl adjacent to an activating group) is 1. The van der Waals surface area contributed by atoms with Gasteiger partial charge < -0.3 is 5.32 Å². The largest absolute Gasteiger partial charge is 0.310 e. The highest BCUT2D eigenvalue weighted by Gasteiger charge is 2.14. The maximum Gasteiger partial charge on any atom is 0.179 e. The average molecular weight is 191 g/mol. The van der Waals surface area contributed by atoms with Crippen LogP contribution in [0.5, 0.6) is 0 Å². The minimum absolute atomic E-state index is 0.114. The van der Waals surface area contributed by atoms with E-state index < -0.39 is 0 Å². The zero-order chi connectivity index (χ0) is 10.7. The Labute approximate surface area is 85.3 Å². The number of hydrogen-bond acceptors (Lipinski definition) is 2. The molecule has 1 N–H and O–H groups in total. The van der Waals surface area contributed by atoms with Gasteiger partial charge in [-0.2, -0.15) is 0 Å². The number of aryl methyl sites for hydroxylation is 2. The molecule has 0 fully saturated rings. The molecular formula is C12H17NO. The third kappa shape index (κ3) is 2.20. The summed E-state index contributed by atoms with van der Waals surface area (Å²) in [4.78, 5) is 11.8. The molecule has 2 heteroatoms. The molecule has 1 rings (SSSR count). The summed E-state index contributed by atoms with van der Waals surface area (Å²) in [5.41, 5.74) is 3.06. The number of carbonyl (C=O) groups excluding carboxylic acids is 1. The van der Waals surface area contributed by atoms with Crippen LogP contribution in [0.15, 0.2) is 18.2 Å². The molecule has 0 saturated carbocycles. The third-order valence-electron chi connectivity index (χ3n) is 2.47. The first-order valence-electron chi connectivity index (χ1n) is 4.85. The van der Waals surface area contributed by atoms with Gasteiger partial charge >= 0.3 is 0 Å².